The summed E-state index contributed by atoms with van der Waals surface area (Å²) < 4.78 is 6.36. The fourth-order valence-electron chi connectivity index (χ4n) is 2.22. The molecule has 1 N–H and O–H groups in total. The molecule has 0 spiro atoms. The zero-order valence-electron chi connectivity index (χ0n) is 12.9. The number of amides is 1. The molecule has 2 aromatic carbocycles. The van der Waals surface area contributed by atoms with Gasteiger partial charge in [0.2, 0.25) is 5.91 Å². The normalized spacial score (nSPS) is 10.8. The molecule has 0 unspecified atom stereocenters. The van der Waals surface area contributed by atoms with E-state index in [0.29, 0.717) is 19.6 Å². The second-order valence-corrected chi connectivity index (χ2v) is 6.09. The lowest BCUT2D eigenvalue weighted by atomic mass is 10.2. The van der Waals surface area contributed by atoms with Gasteiger partial charge in [0, 0.05) is 17.9 Å². The summed E-state index contributed by atoms with van der Waals surface area (Å²) in [5, 5.41) is 3.86. The Morgan fingerprint density at radius 2 is 1.96 bits per heavy atom. The van der Waals surface area contributed by atoms with Gasteiger partial charge in [0.15, 0.2) is 0 Å². The zero-order chi connectivity index (χ0) is 16.1. The fourth-order valence-corrected chi connectivity index (χ4v) is 3.20. The number of hydrogen-bond donors (Lipinski definition) is 1. The van der Waals surface area contributed by atoms with E-state index in [1.807, 2.05) is 49.4 Å². The predicted octanol–water partition coefficient (Wildman–Crippen LogP) is 4.33. The number of carbonyl (C=O) groups excluding carboxylic acids is 1. The van der Waals surface area contributed by atoms with E-state index >= 15 is 0 Å². The number of nitrogens with zero attached hydrogens (tertiary/aromatic N) is 1. The zero-order valence-corrected chi connectivity index (χ0v) is 13.7. The van der Waals surface area contributed by atoms with Gasteiger partial charge in [-0.15, -0.1) is 11.3 Å². The van der Waals surface area contributed by atoms with Gasteiger partial charge in [0.25, 0.3) is 0 Å². The largest absolute Gasteiger partial charge is 0.381 e. The summed E-state index contributed by atoms with van der Waals surface area (Å²) in [6, 6.07) is 15.9. The Labute approximate surface area is 139 Å². The molecule has 5 heteroatoms. The van der Waals surface area contributed by atoms with Crippen molar-refractivity contribution in [1.82, 2.24) is 4.98 Å². The summed E-state index contributed by atoms with van der Waals surface area (Å²) in [4.78, 5) is 16.4. The van der Waals surface area contributed by atoms with Gasteiger partial charge in [-0.3, -0.25) is 4.79 Å². The van der Waals surface area contributed by atoms with E-state index < -0.39 is 0 Å². The maximum Gasteiger partial charge on any atom is 0.226 e. The number of carbonyl (C=O) groups is 1. The molecule has 118 valence electrons. The summed E-state index contributed by atoms with van der Waals surface area (Å²) in [6.07, 6.45) is 0.369. The highest BCUT2D eigenvalue weighted by Crippen LogP contribution is 2.30. The summed E-state index contributed by atoms with van der Waals surface area (Å²) in [5.41, 5.74) is 2.86. The second kappa shape index (κ2) is 7.35. The Balaban J connectivity index is 1.68. The minimum Gasteiger partial charge on any atom is -0.381 e. The van der Waals surface area contributed by atoms with Crippen LogP contribution < -0.4 is 5.32 Å². The first-order valence-electron chi connectivity index (χ1n) is 7.60. The van der Waals surface area contributed by atoms with Crippen molar-refractivity contribution < 1.29 is 9.53 Å². The Morgan fingerprint density at radius 1 is 1.17 bits per heavy atom. The van der Waals surface area contributed by atoms with E-state index in [1.165, 1.54) is 4.70 Å². The van der Waals surface area contributed by atoms with Crippen molar-refractivity contribution in [3.63, 3.8) is 0 Å². The summed E-state index contributed by atoms with van der Waals surface area (Å²) in [7, 11) is 0. The fraction of sp³-hybridized carbons (Fsp3) is 0.222. The smallest absolute Gasteiger partial charge is 0.226 e. The van der Waals surface area contributed by atoms with Crippen molar-refractivity contribution in [1.29, 1.82) is 0 Å². The van der Waals surface area contributed by atoms with Crippen LogP contribution in [0, 0.1) is 0 Å². The van der Waals surface area contributed by atoms with E-state index in [0.717, 1.165) is 21.8 Å². The van der Waals surface area contributed by atoms with Crippen LogP contribution in [0.25, 0.3) is 20.8 Å². The molecule has 4 nitrogen and oxygen atoms in total. The predicted molar refractivity (Wildman–Crippen MR) is 94.8 cm³/mol. The second-order valence-electron chi connectivity index (χ2n) is 5.06. The third kappa shape index (κ3) is 3.94. The van der Waals surface area contributed by atoms with Gasteiger partial charge in [-0.2, -0.15) is 0 Å². The first-order chi connectivity index (χ1) is 11.3. The summed E-state index contributed by atoms with van der Waals surface area (Å²) in [6.45, 7) is 2.99. The minimum absolute atomic E-state index is 0.0359. The van der Waals surface area contributed by atoms with E-state index in [-0.39, 0.29) is 5.91 Å². The number of para-hydroxylation sites is 1. The quantitative estimate of drug-likeness (QED) is 0.686. The lowest BCUT2D eigenvalue weighted by Gasteiger charge is -2.06. The third-order valence-electron chi connectivity index (χ3n) is 3.39. The molecule has 0 atom stereocenters. The molecule has 1 aromatic heterocycles. The molecule has 0 fully saturated rings. The van der Waals surface area contributed by atoms with Crippen LogP contribution >= 0.6 is 11.3 Å². The van der Waals surface area contributed by atoms with Gasteiger partial charge >= 0.3 is 0 Å². The lowest BCUT2D eigenvalue weighted by Crippen LogP contribution is -2.14. The van der Waals surface area contributed by atoms with E-state index in [9.17, 15) is 4.79 Å². The number of ether oxygens (including phenoxy) is 1. The highest BCUT2D eigenvalue weighted by atomic mass is 32.1. The maximum absolute atomic E-state index is 11.8. The number of rotatable bonds is 6. The van der Waals surface area contributed by atoms with Crippen molar-refractivity contribution in [2.24, 2.45) is 0 Å². The molecular weight excluding hydrogens is 308 g/mol. The van der Waals surface area contributed by atoms with Crippen molar-refractivity contribution in [2.45, 2.75) is 13.3 Å². The van der Waals surface area contributed by atoms with Crippen LogP contribution in [0.3, 0.4) is 0 Å². The standard InChI is InChI=1S/C18H18N2O2S/c1-2-22-12-11-17(21)19-14-9-7-13(8-10-14)18-20-15-5-3-4-6-16(15)23-18/h3-10H,2,11-12H2,1H3,(H,19,21). The van der Waals surface area contributed by atoms with Gasteiger partial charge in [-0.05, 0) is 43.3 Å². The Hall–Kier alpha value is -2.24. The number of nitrogens with one attached hydrogen (secondary N) is 1. The third-order valence-corrected chi connectivity index (χ3v) is 4.47. The molecule has 0 saturated heterocycles. The number of aromatic nitrogens is 1. The van der Waals surface area contributed by atoms with Crippen molar-refractivity contribution >= 4 is 33.1 Å². The van der Waals surface area contributed by atoms with E-state index in [4.69, 9.17) is 4.74 Å². The Bertz CT molecular complexity index is 763. The molecule has 0 radical (unpaired) electrons. The molecular formula is C18H18N2O2S. The van der Waals surface area contributed by atoms with Gasteiger partial charge in [-0.1, -0.05) is 12.1 Å². The number of benzene rings is 2. The molecule has 0 bridgehead atoms. The Morgan fingerprint density at radius 3 is 2.70 bits per heavy atom. The van der Waals surface area contributed by atoms with Crippen LogP contribution in [-0.4, -0.2) is 24.1 Å². The molecule has 0 aliphatic carbocycles. The number of hydrogen-bond acceptors (Lipinski definition) is 4. The summed E-state index contributed by atoms with van der Waals surface area (Å²) >= 11 is 1.67. The van der Waals surface area contributed by atoms with Gasteiger partial charge in [0.1, 0.15) is 5.01 Å². The van der Waals surface area contributed by atoms with Crippen molar-refractivity contribution in [2.75, 3.05) is 18.5 Å². The van der Waals surface area contributed by atoms with Gasteiger partial charge in [0.05, 0.1) is 23.2 Å². The molecule has 1 heterocycles. The lowest BCUT2D eigenvalue weighted by molar-refractivity contribution is -0.117. The first-order valence-corrected chi connectivity index (χ1v) is 8.41. The topological polar surface area (TPSA) is 51.2 Å². The van der Waals surface area contributed by atoms with Crippen LogP contribution in [0.1, 0.15) is 13.3 Å². The Kier molecular flexibility index (Phi) is 5.00. The van der Waals surface area contributed by atoms with Gasteiger partial charge in [-0.25, -0.2) is 4.98 Å². The van der Waals surface area contributed by atoms with E-state index in [1.54, 1.807) is 11.3 Å². The van der Waals surface area contributed by atoms with E-state index in [2.05, 4.69) is 16.4 Å². The van der Waals surface area contributed by atoms with Crippen LogP contribution in [0.4, 0.5) is 5.69 Å². The monoisotopic (exact) mass is 326 g/mol. The molecule has 3 aromatic rings. The van der Waals surface area contributed by atoms with Crippen LogP contribution in [0.2, 0.25) is 0 Å². The van der Waals surface area contributed by atoms with Crippen molar-refractivity contribution in [3.8, 4) is 10.6 Å². The SMILES string of the molecule is CCOCCC(=O)Nc1ccc(-c2nc3ccccc3s2)cc1. The molecule has 0 aliphatic heterocycles. The van der Waals surface area contributed by atoms with Crippen molar-refractivity contribution in [3.05, 3.63) is 48.5 Å². The summed E-state index contributed by atoms with van der Waals surface area (Å²) in [5.74, 6) is -0.0359. The van der Waals surface area contributed by atoms with Crippen LogP contribution in [0.5, 0.6) is 0 Å². The molecule has 0 aliphatic rings. The highest BCUT2D eigenvalue weighted by Gasteiger charge is 2.07. The number of thiazole rings is 1. The van der Waals surface area contributed by atoms with Crippen LogP contribution in [0.15, 0.2) is 48.5 Å². The van der Waals surface area contributed by atoms with Crippen LogP contribution in [-0.2, 0) is 9.53 Å². The average Bonchev–Trinajstić information content (AvgIpc) is 3.00. The minimum atomic E-state index is -0.0359. The number of anilines is 1. The average molecular weight is 326 g/mol. The molecule has 0 saturated carbocycles. The molecule has 23 heavy (non-hydrogen) atoms. The first kappa shape index (κ1) is 15.6. The highest BCUT2D eigenvalue weighted by molar-refractivity contribution is 7.21. The molecule has 1 amide bonds. The molecule has 3 rings (SSSR count). The van der Waals surface area contributed by atoms with Gasteiger partial charge < -0.3 is 10.1 Å². The number of fused-ring (bicyclic) bond motifs is 1. The maximum atomic E-state index is 11.8.